The lowest BCUT2D eigenvalue weighted by atomic mass is 9.97. The van der Waals surface area contributed by atoms with Gasteiger partial charge in [-0.2, -0.15) is 0 Å². The number of hydrogen-bond acceptors (Lipinski definition) is 3. The molecule has 2 rings (SSSR count). The van der Waals surface area contributed by atoms with Crippen LogP contribution in [0.5, 0.6) is 5.75 Å². The van der Waals surface area contributed by atoms with E-state index in [-0.39, 0.29) is 18.3 Å². The third-order valence-electron chi connectivity index (χ3n) is 3.97. The topological polar surface area (TPSA) is 55.6 Å². The molecule has 0 unspecified atom stereocenters. The molecule has 0 saturated heterocycles. The van der Waals surface area contributed by atoms with Crippen molar-refractivity contribution in [2.24, 2.45) is 5.73 Å². The van der Waals surface area contributed by atoms with Crippen molar-refractivity contribution in [1.29, 1.82) is 0 Å². The smallest absolute Gasteiger partial charge is 0.242 e. The number of hydrogen-bond donors (Lipinski definition) is 1. The van der Waals surface area contributed by atoms with Crippen LogP contribution in [0.4, 0.5) is 0 Å². The van der Waals surface area contributed by atoms with Crippen LogP contribution in [0.15, 0.2) is 24.3 Å². The second-order valence-corrected chi connectivity index (χ2v) is 6.19. The summed E-state index contributed by atoms with van der Waals surface area (Å²) in [6.07, 6.45) is 4.47. The van der Waals surface area contributed by atoms with Crippen LogP contribution in [0, 0.1) is 0 Å². The first-order chi connectivity index (χ1) is 10.0. The van der Waals surface area contributed by atoms with Crippen LogP contribution in [0.3, 0.4) is 0 Å². The summed E-state index contributed by atoms with van der Waals surface area (Å²) in [5.74, 6) is 0.810. The second-order valence-electron chi connectivity index (χ2n) is 5.75. The molecule has 1 aromatic carbocycles. The van der Waals surface area contributed by atoms with Gasteiger partial charge in [-0.15, -0.1) is 12.4 Å². The monoisotopic (exact) mass is 346 g/mol. The molecule has 1 aliphatic rings. The van der Waals surface area contributed by atoms with E-state index in [1.54, 1.807) is 11.0 Å². The van der Waals surface area contributed by atoms with E-state index in [1.165, 1.54) is 0 Å². The Hall–Kier alpha value is -0.970. The Morgan fingerprint density at radius 1 is 1.41 bits per heavy atom. The zero-order valence-electron chi connectivity index (χ0n) is 12.9. The predicted molar refractivity (Wildman–Crippen MR) is 91.8 cm³/mol. The predicted octanol–water partition coefficient (Wildman–Crippen LogP) is 3.26. The molecule has 0 aliphatic heterocycles. The molecular weight excluding hydrogens is 323 g/mol. The van der Waals surface area contributed by atoms with Crippen molar-refractivity contribution in [3.63, 3.8) is 0 Å². The maximum Gasteiger partial charge on any atom is 0.242 e. The molecule has 1 saturated carbocycles. The number of amides is 1. The number of rotatable bonds is 6. The average molecular weight is 347 g/mol. The highest BCUT2D eigenvalue weighted by Crippen LogP contribution is 2.28. The average Bonchev–Trinajstić information content (AvgIpc) is 2.91. The fourth-order valence-corrected chi connectivity index (χ4v) is 2.93. The van der Waals surface area contributed by atoms with Crippen molar-refractivity contribution in [1.82, 2.24) is 4.90 Å². The van der Waals surface area contributed by atoms with Crippen LogP contribution in [-0.4, -0.2) is 36.5 Å². The first-order valence-corrected chi connectivity index (χ1v) is 7.82. The SMILES string of the molecule is CN(CCCOc1cccc(Cl)c1)C(=O)C1(N)CCCC1.Cl. The number of likely N-dealkylation sites (N-methyl/N-ethyl adjacent to an activating group) is 1. The molecule has 1 aromatic rings. The normalized spacial score (nSPS) is 16.0. The van der Waals surface area contributed by atoms with Gasteiger partial charge in [-0.1, -0.05) is 30.5 Å². The summed E-state index contributed by atoms with van der Waals surface area (Å²) in [6, 6.07) is 7.31. The molecule has 1 fully saturated rings. The largest absolute Gasteiger partial charge is 0.493 e. The Morgan fingerprint density at radius 2 is 2.09 bits per heavy atom. The molecule has 1 amide bonds. The van der Waals surface area contributed by atoms with E-state index in [2.05, 4.69) is 0 Å². The van der Waals surface area contributed by atoms with Gasteiger partial charge >= 0.3 is 0 Å². The Bertz CT molecular complexity index is 491. The second kappa shape index (κ2) is 8.61. The lowest BCUT2D eigenvalue weighted by Gasteiger charge is -2.28. The van der Waals surface area contributed by atoms with Gasteiger partial charge in [0.1, 0.15) is 5.75 Å². The Labute approximate surface area is 143 Å². The highest BCUT2D eigenvalue weighted by atomic mass is 35.5. The van der Waals surface area contributed by atoms with Gasteiger partial charge in [0.15, 0.2) is 0 Å². The summed E-state index contributed by atoms with van der Waals surface area (Å²) in [5.41, 5.74) is 5.54. The molecule has 0 atom stereocenters. The molecule has 124 valence electrons. The van der Waals surface area contributed by atoms with E-state index in [0.29, 0.717) is 18.2 Å². The van der Waals surface area contributed by atoms with Gasteiger partial charge in [-0.25, -0.2) is 0 Å². The van der Waals surface area contributed by atoms with Crippen molar-refractivity contribution in [3.8, 4) is 5.75 Å². The van der Waals surface area contributed by atoms with Crippen molar-refractivity contribution < 1.29 is 9.53 Å². The summed E-state index contributed by atoms with van der Waals surface area (Å²) >= 11 is 5.89. The minimum absolute atomic E-state index is 0. The van der Waals surface area contributed by atoms with Gasteiger partial charge in [0.25, 0.3) is 0 Å². The number of nitrogens with two attached hydrogens (primary N) is 1. The molecule has 0 bridgehead atoms. The number of carbonyl (C=O) groups is 1. The van der Waals surface area contributed by atoms with Gasteiger partial charge in [0.05, 0.1) is 12.1 Å². The van der Waals surface area contributed by atoms with Crippen molar-refractivity contribution in [2.45, 2.75) is 37.6 Å². The van der Waals surface area contributed by atoms with E-state index in [9.17, 15) is 4.79 Å². The maximum absolute atomic E-state index is 12.3. The first-order valence-electron chi connectivity index (χ1n) is 7.44. The molecule has 22 heavy (non-hydrogen) atoms. The van der Waals surface area contributed by atoms with Crippen LogP contribution in [-0.2, 0) is 4.79 Å². The third-order valence-corrected chi connectivity index (χ3v) is 4.21. The standard InChI is InChI=1S/C16H23ClN2O2.ClH/c1-19(15(20)16(18)8-2-3-9-16)10-5-11-21-14-7-4-6-13(17)12-14;/h4,6-7,12H,2-3,5,8-11,18H2,1H3;1H. The molecule has 0 aromatic heterocycles. The third kappa shape index (κ3) is 5.04. The molecule has 0 heterocycles. The van der Waals surface area contributed by atoms with Gasteiger partial charge in [0.2, 0.25) is 5.91 Å². The van der Waals surface area contributed by atoms with E-state index in [1.807, 2.05) is 25.2 Å². The van der Waals surface area contributed by atoms with Crippen molar-refractivity contribution in [3.05, 3.63) is 29.3 Å². The van der Waals surface area contributed by atoms with Crippen LogP contribution in [0.1, 0.15) is 32.1 Å². The molecule has 2 N–H and O–H groups in total. The minimum Gasteiger partial charge on any atom is -0.493 e. The van der Waals surface area contributed by atoms with Crippen molar-refractivity contribution in [2.75, 3.05) is 20.2 Å². The quantitative estimate of drug-likeness (QED) is 0.804. The zero-order chi connectivity index (χ0) is 15.3. The maximum atomic E-state index is 12.3. The highest BCUT2D eigenvalue weighted by Gasteiger charge is 2.38. The zero-order valence-corrected chi connectivity index (χ0v) is 14.5. The van der Waals surface area contributed by atoms with Crippen molar-refractivity contribution >= 4 is 29.9 Å². The lowest BCUT2D eigenvalue weighted by molar-refractivity contribution is -0.135. The fourth-order valence-electron chi connectivity index (χ4n) is 2.75. The van der Waals surface area contributed by atoms with Crippen LogP contribution < -0.4 is 10.5 Å². The summed E-state index contributed by atoms with van der Waals surface area (Å²) in [4.78, 5) is 14.0. The number of halogens is 2. The lowest BCUT2D eigenvalue weighted by Crippen LogP contribution is -2.52. The minimum atomic E-state index is -0.636. The molecule has 6 heteroatoms. The van der Waals surface area contributed by atoms with E-state index >= 15 is 0 Å². The van der Waals surface area contributed by atoms with Crippen LogP contribution in [0.25, 0.3) is 0 Å². The number of nitrogens with zero attached hydrogens (tertiary/aromatic N) is 1. The summed E-state index contributed by atoms with van der Waals surface area (Å²) in [6.45, 7) is 1.20. The Kier molecular flexibility index (Phi) is 7.46. The number of ether oxygens (including phenoxy) is 1. The van der Waals surface area contributed by atoms with E-state index < -0.39 is 5.54 Å². The van der Waals surface area contributed by atoms with Gasteiger partial charge in [-0.05, 0) is 37.5 Å². The molecular formula is C16H24Cl2N2O2. The Morgan fingerprint density at radius 3 is 2.73 bits per heavy atom. The molecule has 4 nitrogen and oxygen atoms in total. The first kappa shape index (κ1) is 19.1. The van der Waals surface area contributed by atoms with Gasteiger partial charge in [0, 0.05) is 18.6 Å². The van der Waals surface area contributed by atoms with E-state index in [4.69, 9.17) is 22.1 Å². The highest BCUT2D eigenvalue weighted by molar-refractivity contribution is 6.30. The molecule has 0 radical (unpaired) electrons. The van der Waals surface area contributed by atoms with Gasteiger partial charge < -0.3 is 15.4 Å². The number of benzene rings is 1. The summed E-state index contributed by atoms with van der Waals surface area (Å²) < 4.78 is 5.61. The van der Waals surface area contributed by atoms with Crippen LogP contribution in [0.2, 0.25) is 5.02 Å². The molecule has 0 spiro atoms. The van der Waals surface area contributed by atoms with Gasteiger partial charge in [-0.3, -0.25) is 4.79 Å². The van der Waals surface area contributed by atoms with E-state index in [0.717, 1.165) is 37.9 Å². The Balaban J connectivity index is 0.00000242. The summed E-state index contributed by atoms with van der Waals surface area (Å²) in [5, 5.41) is 0.658. The summed E-state index contributed by atoms with van der Waals surface area (Å²) in [7, 11) is 1.81. The number of carbonyl (C=O) groups excluding carboxylic acids is 1. The fraction of sp³-hybridized carbons (Fsp3) is 0.562. The van der Waals surface area contributed by atoms with Crippen LogP contribution >= 0.6 is 24.0 Å². The molecule has 1 aliphatic carbocycles.